The minimum absolute atomic E-state index is 0.0966. The molecule has 1 aliphatic rings. The SMILES string of the molecule is CCc1nnc(NC(=O)CSc2nnc(CC3CCCCC3)n2C)s1. The zero-order valence-electron chi connectivity index (χ0n) is 14.7. The molecule has 2 aromatic rings. The average Bonchev–Trinajstić information content (AvgIpc) is 3.21. The molecule has 1 amide bonds. The normalized spacial score (nSPS) is 15.4. The third-order valence-electron chi connectivity index (χ3n) is 4.47. The summed E-state index contributed by atoms with van der Waals surface area (Å²) >= 11 is 2.82. The molecule has 0 bridgehead atoms. The number of thioether (sulfide) groups is 1. The van der Waals surface area contributed by atoms with Crippen LogP contribution in [0.25, 0.3) is 0 Å². The van der Waals surface area contributed by atoms with Crippen LogP contribution in [-0.2, 0) is 24.7 Å². The number of nitrogens with zero attached hydrogens (tertiary/aromatic N) is 5. The zero-order chi connectivity index (χ0) is 17.6. The number of hydrogen-bond donors (Lipinski definition) is 1. The molecule has 2 heterocycles. The summed E-state index contributed by atoms with van der Waals surface area (Å²) < 4.78 is 2.02. The van der Waals surface area contributed by atoms with Crippen molar-refractivity contribution < 1.29 is 4.79 Å². The number of carbonyl (C=O) groups excluding carboxylic acids is 1. The van der Waals surface area contributed by atoms with Crippen LogP contribution >= 0.6 is 23.1 Å². The monoisotopic (exact) mass is 380 g/mol. The van der Waals surface area contributed by atoms with Crippen molar-refractivity contribution in [3.05, 3.63) is 10.8 Å². The van der Waals surface area contributed by atoms with Crippen LogP contribution in [0.5, 0.6) is 0 Å². The summed E-state index contributed by atoms with van der Waals surface area (Å²) in [6, 6.07) is 0. The predicted octanol–water partition coefficient (Wildman–Crippen LogP) is 3.08. The molecule has 9 heteroatoms. The second-order valence-corrected chi connectivity index (χ2v) is 8.36. The Kier molecular flexibility index (Phi) is 6.41. The number of rotatable bonds is 7. The van der Waals surface area contributed by atoms with Gasteiger partial charge in [-0.25, -0.2) is 0 Å². The molecule has 0 aliphatic heterocycles. The molecule has 0 saturated heterocycles. The van der Waals surface area contributed by atoms with E-state index in [2.05, 4.69) is 25.7 Å². The fourth-order valence-corrected chi connectivity index (χ4v) is 4.46. The van der Waals surface area contributed by atoms with Gasteiger partial charge >= 0.3 is 0 Å². The van der Waals surface area contributed by atoms with E-state index < -0.39 is 0 Å². The van der Waals surface area contributed by atoms with E-state index in [4.69, 9.17) is 0 Å². The molecule has 3 rings (SSSR count). The van der Waals surface area contributed by atoms with Crippen LogP contribution < -0.4 is 5.32 Å². The molecular weight excluding hydrogens is 356 g/mol. The first-order valence-corrected chi connectivity index (χ1v) is 10.6. The highest BCUT2D eigenvalue weighted by Crippen LogP contribution is 2.27. The van der Waals surface area contributed by atoms with Crippen molar-refractivity contribution in [1.29, 1.82) is 0 Å². The maximum Gasteiger partial charge on any atom is 0.236 e. The number of anilines is 1. The van der Waals surface area contributed by atoms with Gasteiger partial charge in [0.05, 0.1) is 5.75 Å². The maximum atomic E-state index is 12.1. The van der Waals surface area contributed by atoms with Crippen LogP contribution in [0.2, 0.25) is 0 Å². The van der Waals surface area contributed by atoms with Gasteiger partial charge in [0.15, 0.2) is 5.16 Å². The molecule has 0 spiro atoms. The Bertz CT molecular complexity index is 707. The number of carbonyl (C=O) groups is 1. The Morgan fingerprint density at radius 2 is 2.04 bits per heavy atom. The first kappa shape index (κ1) is 18.3. The number of aryl methyl sites for hydroxylation is 1. The van der Waals surface area contributed by atoms with Gasteiger partial charge in [-0.15, -0.1) is 20.4 Å². The number of amides is 1. The number of hydrogen-bond acceptors (Lipinski definition) is 7. The highest BCUT2D eigenvalue weighted by atomic mass is 32.2. The highest BCUT2D eigenvalue weighted by Gasteiger charge is 2.18. The van der Waals surface area contributed by atoms with Gasteiger partial charge in [0.2, 0.25) is 11.0 Å². The molecule has 25 heavy (non-hydrogen) atoms. The minimum Gasteiger partial charge on any atom is -0.309 e. The van der Waals surface area contributed by atoms with Gasteiger partial charge in [0.25, 0.3) is 0 Å². The van der Waals surface area contributed by atoms with Crippen LogP contribution in [0.15, 0.2) is 5.16 Å². The van der Waals surface area contributed by atoms with Crippen LogP contribution in [0, 0.1) is 5.92 Å². The van der Waals surface area contributed by atoms with Gasteiger partial charge in [0, 0.05) is 13.5 Å². The second-order valence-electron chi connectivity index (χ2n) is 6.36. The zero-order valence-corrected chi connectivity index (χ0v) is 16.3. The summed E-state index contributed by atoms with van der Waals surface area (Å²) in [5.74, 6) is 1.94. The summed E-state index contributed by atoms with van der Waals surface area (Å²) in [4.78, 5) is 12.1. The van der Waals surface area contributed by atoms with Gasteiger partial charge in [-0.05, 0) is 12.3 Å². The van der Waals surface area contributed by atoms with Crippen molar-refractivity contribution in [2.75, 3.05) is 11.1 Å². The third kappa shape index (κ3) is 5.01. The summed E-state index contributed by atoms with van der Waals surface area (Å²) in [6.07, 6.45) is 8.41. The standard InChI is InChI=1S/C16H24N6OS2/c1-3-14-19-20-15(25-14)17-13(23)10-24-16-21-18-12(22(16)2)9-11-7-5-4-6-8-11/h11H,3-10H2,1-2H3,(H,17,20,23). The molecule has 0 atom stereocenters. The molecule has 1 aliphatic carbocycles. The molecule has 136 valence electrons. The Morgan fingerprint density at radius 3 is 2.76 bits per heavy atom. The maximum absolute atomic E-state index is 12.1. The van der Waals surface area contributed by atoms with E-state index in [-0.39, 0.29) is 11.7 Å². The molecule has 1 fully saturated rings. The molecule has 0 unspecified atom stereocenters. The van der Waals surface area contributed by atoms with Gasteiger partial charge < -0.3 is 4.57 Å². The van der Waals surface area contributed by atoms with Gasteiger partial charge in [-0.2, -0.15) is 0 Å². The van der Waals surface area contributed by atoms with Crippen molar-refractivity contribution in [2.24, 2.45) is 13.0 Å². The van der Waals surface area contributed by atoms with Crippen LogP contribution in [-0.4, -0.2) is 36.6 Å². The largest absolute Gasteiger partial charge is 0.309 e. The van der Waals surface area contributed by atoms with Crippen molar-refractivity contribution in [3.8, 4) is 0 Å². The van der Waals surface area contributed by atoms with Gasteiger partial charge in [-0.3, -0.25) is 10.1 Å². The smallest absolute Gasteiger partial charge is 0.236 e. The van der Waals surface area contributed by atoms with Crippen molar-refractivity contribution in [3.63, 3.8) is 0 Å². The van der Waals surface area contributed by atoms with Crippen LogP contribution in [0.4, 0.5) is 5.13 Å². The molecule has 0 radical (unpaired) electrons. The summed E-state index contributed by atoms with van der Waals surface area (Å²) in [5.41, 5.74) is 0. The summed E-state index contributed by atoms with van der Waals surface area (Å²) in [7, 11) is 1.98. The van der Waals surface area contributed by atoms with Crippen molar-refractivity contribution in [2.45, 2.75) is 57.0 Å². The van der Waals surface area contributed by atoms with E-state index in [9.17, 15) is 4.79 Å². The second kappa shape index (κ2) is 8.75. The van der Waals surface area contributed by atoms with Crippen LogP contribution in [0.1, 0.15) is 49.9 Å². The van der Waals surface area contributed by atoms with Gasteiger partial charge in [0.1, 0.15) is 10.8 Å². The Hall–Kier alpha value is -1.48. The van der Waals surface area contributed by atoms with Gasteiger partial charge in [-0.1, -0.05) is 62.1 Å². The van der Waals surface area contributed by atoms with Crippen LogP contribution in [0.3, 0.4) is 0 Å². The summed E-state index contributed by atoms with van der Waals surface area (Å²) in [5, 5.41) is 21.6. The molecular formula is C16H24N6OS2. The number of nitrogens with one attached hydrogen (secondary N) is 1. The van der Waals surface area contributed by atoms with E-state index in [1.54, 1.807) is 0 Å². The van der Waals surface area contributed by atoms with E-state index >= 15 is 0 Å². The van der Waals surface area contributed by atoms with E-state index in [0.717, 1.165) is 34.7 Å². The average molecular weight is 381 g/mol. The summed E-state index contributed by atoms with van der Waals surface area (Å²) in [6.45, 7) is 2.01. The Morgan fingerprint density at radius 1 is 1.24 bits per heavy atom. The Labute approximate surface area is 156 Å². The predicted molar refractivity (Wildman–Crippen MR) is 99.9 cm³/mol. The Balaban J connectivity index is 1.50. The molecule has 2 aromatic heterocycles. The van der Waals surface area contributed by atoms with Crippen molar-refractivity contribution in [1.82, 2.24) is 25.0 Å². The fourth-order valence-electron chi connectivity index (χ4n) is 3.03. The molecule has 1 N–H and O–H groups in total. The third-order valence-corrected chi connectivity index (χ3v) is 6.47. The topological polar surface area (TPSA) is 85.6 Å². The lowest BCUT2D eigenvalue weighted by molar-refractivity contribution is -0.113. The van der Waals surface area contributed by atoms with Crippen molar-refractivity contribution >= 4 is 34.1 Å². The van der Waals surface area contributed by atoms with E-state index in [0.29, 0.717) is 5.13 Å². The molecule has 0 aromatic carbocycles. The quantitative estimate of drug-likeness (QED) is 0.743. The lowest BCUT2D eigenvalue weighted by Crippen LogP contribution is -2.15. The highest BCUT2D eigenvalue weighted by molar-refractivity contribution is 7.99. The number of aromatic nitrogens is 5. The fraction of sp³-hybridized carbons (Fsp3) is 0.688. The van der Waals surface area contributed by atoms with E-state index in [1.807, 2.05) is 18.5 Å². The first-order chi connectivity index (χ1) is 12.2. The van der Waals surface area contributed by atoms with E-state index in [1.165, 1.54) is 55.2 Å². The lowest BCUT2D eigenvalue weighted by Gasteiger charge is -2.20. The first-order valence-electron chi connectivity index (χ1n) is 8.79. The molecule has 1 saturated carbocycles. The molecule has 7 nitrogen and oxygen atoms in total. The lowest BCUT2D eigenvalue weighted by atomic mass is 9.87. The minimum atomic E-state index is -0.0966.